The second kappa shape index (κ2) is 14.8. The van der Waals surface area contributed by atoms with Gasteiger partial charge in [0, 0.05) is 17.6 Å². The zero-order chi connectivity index (χ0) is 31.1. The summed E-state index contributed by atoms with van der Waals surface area (Å²) in [6.07, 6.45) is 5.35. The molecule has 3 aromatic carbocycles. The molecule has 1 atom stereocenters. The highest BCUT2D eigenvalue weighted by molar-refractivity contribution is 7.92. The zero-order valence-corrected chi connectivity index (χ0v) is 27.3. The molecule has 3 aromatic rings. The van der Waals surface area contributed by atoms with Gasteiger partial charge in [-0.1, -0.05) is 79.2 Å². The maximum atomic E-state index is 14.3. The number of benzene rings is 3. The molecule has 0 aliphatic heterocycles. The minimum Gasteiger partial charge on any atom is -0.352 e. The van der Waals surface area contributed by atoms with Crippen LogP contribution in [0.25, 0.3) is 0 Å². The number of amides is 2. The maximum Gasteiger partial charge on any atom is 0.264 e. The van der Waals surface area contributed by atoms with Gasteiger partial charge in [0.2, 0.25) is 11.8 Å². The van der Waals surface area contributed by atoms with E-state index in [-0.39, 0.29) is 23.4 Å². The SMILES string of the molecule is CCC(C(=O)NC1CCCCC1)N(Cc1ccc(Cl)c(Cl)c1)C(=O)CN(c1cccc(C)c1)S(=O)(=O)c1ccc(Cl)cc1. The quantitative estimate of drug-likeness (QED) is 0.231. The van der Waals surface area contributed by atoms with Crippen molar-refractivity contribution in [1.82, 2.24) is 10.2 Å². The van der Waals surface area contributed by atoms with Crippen molar-refractivity contribution in [2.75, 3.05) is 10.8 Å². The van der Waals surface area contributed by atoms with Crippen LogP contribution in [0, 0.1) is 6.92 Å². The molecule has 7 nitrogen and oxygen atoms in total. The molecule has 0 spiro atoms. The van der Waals surface area contributed by atoms with Gasteiger partial charge in [-0.05, 0) is 85.8 Å². The molecule has 0 bridgehead atoms. The summed E-state index contributed by atoms with van der Waals surface area (Å²) < 4.78 is 29.1. The number of anilines is 1. The summed E-state index contributed by atoms with van der Waals surface area (Å²) in [5.74, 6) is -0.791. The monoisotopic (exact) mass is 663 g/mol. The average Bonchev–Trinajstić information content (AvgIpc) is 2.98. The van der Waals surface area contributed by atoms with Gasteiger partial charge < -0.3 is 10.2 Å². The topological polar surface area (TPSA) is 86.8 Å². The first-order valence-corrected chi connectivity index (χ1v) is 17.0. The third kappa shape index (κ3) is 8.44. The number of nitrogens with zero attached hydrogens (tertiary/aromatic N) is 2. The van der Waals surface area contributed by atoms with E-state index < -0.39 is 28.5 Å². The number of carbonyl (C=O) groups is 2. The van der Waals surface area contributed by atoms with Crippen molar-refractivity contribution in [2.24, 2.45) is 0 Å². The lowest BCUT2D eigenvalue weighted by Crippen LogP contribution is -2.54. The van der Waals surface area contributed by atoms with Gasteiger partial charge in [0.15, 0.2) is 0 Å². The lowest BCUT2D eigenvalue weighted by molar-refractivity contribution is -0.140. The van der Waals surface area contributed by atoms with Gasteiger partial charge in [0.25, 0.3) is 10.0 Å². The Hall–Kier alpha value is -2.78. The van der Waals surface area contributed by atoms with E-state index in [0.29, 0.717) is 32.7 Å². The largest absolute Gasteiger partial charge is 0.352 e. The highest BCUT2D eigenvalue weighted by atomic mass is 35.5. The van der Waals surface area contributed by atoms with Crippen LogP contribution < -0.4 is 9.62 Å². The highest BCUT2D eigenvalue weighted by Gasteiger charge is 2.34. The summed E-state index contributed by atoms with van der Waals surface area (Å²) in [6.45, 7) is 3.19. The Balaban J connectivity index is 1.72. The lowest BCUT2D eigenvalue weighted by Gasteiger charge is -2.34. The van der Waals surface area contributed by atoms with Crippen LogP contribution in [-0.2, 0) is 26.2 Å². The maximum absolute atomic E-state index is 14.3. The van der Waals surface area contributed by atoms with Gasteiger partial charge in [-0.3, -0.25) is 13.9 Å². The summed E-state index contributed by atoms with van der Waals surface area (Å²) in [6, 6.07) is 17.0. The Labute approximate surface area is 269 Å². The van der Waals surface area contributed by atoms with E-state index in [1.54, 1.807) is 36.4 Å². The molecule has 1 fully saturated rings. The molecule has 2 amide bonds. The van der Waals surface area contributed by atoms with E-state index in [4.69, 9.17) is 34.8 Å². The number of halogens is 3. The van der Waals surface area contributed by atoms with Crippen LogP contribution in [-0.4, -0.2) is 43.8 Å². The van der Waals surface area contributed by atoms with Crippen LogP contribution in [0.15, 0.2) is 71.6 Å². The molecule has 1 N–H and O–H groups in total. The van der Waals surface area contributed by atoms with Crippen molar-refractivity contribution in [3.8, 4) is 0 Å². The molecule has 1 aliphatic rings. The number of rotatable bonds is 11. The number of hydrogen-bond donors (Lipinski definition) is 1. The van der Waals surface area contributed by atoms with Gasteiger partial charge in [-0.2, -0.15) is 0 Å². The Morgan fingerprint density at radius 2 is 1.63 bits per heavy atom. The van der Waals surface area contributed by atoms with Gasteiger partial charge in [-0.15, -0.1) is 0 Å². The van der Waals surface area contributed by atoms with Crippen LogP contribution in [0.4, 0.5) is 5.69 Å². The standard InChI is InChI=1S/C32H36Cl3N3O4S/c1-3-30(32(40)36-25-9-5-4-6-10-25)37(20-23-12-17-28(34)29(35)19-23)31(39)21-38(26-11-7-8-22(2)18-26)43(41,42)27-15-13-24(33)14-16-27/h7-8,11-19,25,30H,3-6,9-10,20-21H2,1-2H3,(H,36,40). The van der Waals surface area contributed by atoms with E-state index in [2.05, 4.69) is 5.32 Å². The second-order valence-electron chi connectivity index (χ2n) is 10.8. The normalized spacial score (nSPS) is 14.6. The molecular weight excluding hydrogens is 629 g/mol. The molecule has 0 saturated heterocycles. The van der Waals surface area contributed by atoms with Crippen LogP contribution in [0.3, 0.4) is 0 Å². The molecule has 0 radical (unpaired) electrons. The third-order valence-electron chi connectivity index (χ3n) is 7.64. The smallest absolute Gasteiger partial charge is 0.264 e. The van der Waals surface area contributed by atoms with Crippen molar-refractivity contribution in [1.29, 1.82) is 0 Å². The van der Waals surface area contributed by atoms with Gasteiger partial charge >= 0.3 is 0 Å². The minimum absolute atomic E-state index is 0.00989. The molecule has 43 heavy (non-hydrogen) atoms. The van der Waals surface area contributed by atoms with Crippen molar-refractivity contribution in [3.63, 3.8) is 0 Å². The summed E-state index contributed by atoms with van der Waals surface area (Å²) >= 11 is 18.5. The molecule has 0 aromatic heterocycles. The first kappa shape index (κ1) is 33.1. The van der Waals surface area contributed by atoms with Crippen LogP contribution in [0.5, 0.6) is 0 Å². The summed E-state index contributed by atoms with van der Waals surface area (Å²) in [5.41, 5.74) is 1.82. The highest BCUT2D eigenvalue weighted by Crippen LogP contribution is 2.28. The first-order chi connectivity index (χ1) is 20.5. The number of nitrogens with one attached hydrogen (secondary N) is 1. The summed E-state index contributed by atoms with van der Waals surface area (Å²) in [5, 5.41) is 4.21. The zero-order valence-electron chi connectivity index (χ0n) is 24.2. The molecule has 230 valence electrons. The number of aryl methyl sites for hydroxylation is 1. The molecule has 0 heterocycles. The molecule has 1 saturated carbocycles. The summed E-state index contributed by atoms with van der Waals surface area (Å²) in [7, 11) is -4.19. The summed E-state index contributed by atoms with van der Waals surface area (Å²) in [4.78, 5) is 29.3. The predicted molar refractivity (Wildman–Crippen MR) is 173 cm³/mol. The fourth-order valence-corrected chi connectivity index (χ4v) is 7.20. The van der Waals surface area contributed by atoms with E-state index >= 15 is 0 Å². The van der Waals surface area contributed by atoms with E-state index in [9.17, 15) is 18.0 Å². The van der Waals surface area contributed by atoms with Gasteiger partial charge in [0.05, 0.1) is 20.6 Å². The fraction of sp³-hybridized carbons (Fsp3) is 0.375. The molecule has 11 heteroatoms. The van der Waals surface area contributed by atoms with Crippen molar-refractivity contribution < 1.29 is 18.0 Å². The fourth-order valence-electron chi connectivity index (χ4n) is 5.34. The van der Waals surface area contributed by atoms with Crippen LogP contribution >= 0.6 is 34.8 Å². The average molecular weight is 665 g/mol. The first-order valence-electron chi connectivity index (χ1n) is 14.4. The van der Waals surface area contributed by atoms with Crippen molar-refractivity contribution in [2.45, 2.75) is 75.9 Å². The Bertz CT molecular complexity index is 1540. The molecule has 4 rings (SSSR count). The second-order valence-corrected chi connectivity index (χ2v) is 14.0. The minimum atomic E-state index is -4.19. The van der Waals surface area contributed by atoms with Crippen LogP contribution in [0.1, 0.15) is 56.6 Å². The van der Waals surface area contributed by atoms with Gasteiger partial charge in [-0.25, -0.2) is 8.42 Å². The van der Waals surface area contributed by atoms with E-state index in [0.717, 1.165) is 42.0 Å². The number of hydrogen-bond acceptors (Lipinski definition) is 4. The predicted octanol–water partition coefficient (Wildman–Crippen LogP) is 7.41. The van der Waals surface area contributed by atoms with Crippen molar-refractivity contribution in [3.05, 3.63) is 92.9 Å². The van der Waals surface area contributed by atoms with Crippen LogP contribution in [0.2, 0.25) is 15.1 Å². The van der Waals surface area contributed by atoms with E-state index in [1.165, 1.54) is 29.2 Å². The molecular formula is C32H36Cl3N3O4S. The van der Waals surface area contributed by atoms with Crippen molar-refractivity contribution >= 4 is 62.3 Å². The Morgan fingerprint density at radius 1 is 0.930 bits per heavy atom. The number of sulfonamides is 1. The molecule has 1 aliphatic carbocycles. The molecule has 1 unspecified atom stereocenters. The lowest BCUT2D eigenvalue weighted by atomic mass is 9.95. The van der Waals surface area contributed by atoms with Gasteiger partial charge in [0.1, 0.15) is 12.6 Å². The third-order valence-corrected chi connectivity index (χ3v) is 10.4. The van der Waals surface area contributed by atoms with E-state index in [1.807, 2.05) is 19.9 Å². The Kier molecular flexibility index (Phi) is 11.4. The number of carbonyl (C=O) groups excluding carboxylic acids is 2. The Morgan fingerprint density at radius 3 is 2.26 bits per heavy atom.